The van der Waals surface area contributed by atoms with E-state index >= 15 is 0 Å². The molecule has 0 bridgehead atoms. The van der Waals surface area contributed by atoms with Crippen LogP contribution in [0, 0.1) is 0 Å². The number of hydrogen-bond donors (Lipinski definition) is 2. The topological polar surface area (TPSA) is 54.9 Å². The van der Waals surface area contributed by atoms with Gasteiger partial charge in [-0.05, 0) is 37.0 Å². The van der Waals surface area contributed by atoms with E-state index in [1.165, 1.54) is 0 Å². The Balaban J connectivity index is 0.00000576. The van der Waals surface area contributed by atoms with Crippen LogP contribution in [0.25, 0.3) is 0 Å². The molecular formula is C17H28Cl2IN3O2. The van der Waals surface area contributed by atoms with Gasteiger partial charge in [-0.1, -0.05) is 29.3 Å². The number of aryl methyl sites for hydroxylation is 1. The van der Waals surface area contributed by atoms with E-state index in [9.17, 15) is 0 Å². The molecule has 0 heterocycles. The van der Waals surface area contributed by atoms with Gasteiger partial charge in [0.2, 0.25) is 0 Å². The summed E-state index contributed by atoms with van der Waals surface area (Å²) in [4.78, 5) is 4.20. The van der Waals surface area contributed by atoms with Gasteiger partial charge in [-0.2, -0.15) is 0 Å². The molecule has 8 heteroatoms. The zero-order valence-corrected chi connectivity index (χ0v) is 18.7. The molecule has 2 N–H and O–H groups in total. The fourth-order valence-electron chi connectivity index (χ4n) is 2.06. The zero-order chi connectivity index (χ0) is 17.6. The Hall–Kier alpha value is -0.280. The lowest BCUT2D eigenvalue weighted by Crippen LogP contribution is -2.38. The van der Waals surface area contributed by atoms with Crippen molar-refractivity contribution in [2.24, 2.45) is 4.99 Å². The van der Waals surface area contributed by atoms with E-state index in [0.29, 0.717) is 24.8 Å². The molecule has 0 saturated carbocycles. The van der Waals surface area contributed by atoms with Gasteiger partial charge in [0.1, 0.15) is 0 Å². The summed E-state index contributed by atoms with van der Waals surface area (Å²) in [6.45, 7) is 3.62. The molecule has 5 nitrogen and oxygen atoms in total. The highest BCUT2D eigenvalue weighted by atomic mass is 127. The maximum atomic E-state index is 6.17. The molecule has 0 aliphatic carbocycles. The molecule has 0 radical (unpaired) electrons. The maximum Gasteiger partial charge on any atom is 0.190 e. The van der Waals surface area contributed by atoms with Crippen LogP contribution in [0.2, 0.25) is 10.0 Å². The Labute approximate surface area is 177 Å². The molecule has 25 heavy (non-hydrogen) atoms. The Morgan fingerprint density at radius 2 is 1.80 bits per heavy atom. The summed E-state index contributed by atoms with van der Waals surface area (Å²) in [6.07, 6.45) is 2.78. The van der Waals surface area contributed by atoms with Crippen LogP contribution in [-0.4, -0.2) is 53.0 Å². The molecule has 0 aliphatic rings. The predicted octanol–water partition coefficient (Wildman–Crippen LogP) is 3.76. The third-order valence-electron chi connectivity index (χ3n) is 3.34. The largest absolute Gasteiger partial charge is 0.382 e. The monoisotopic (exact) mass is 503 g/mol. The molecule has 0 unspecified atom stereocenters. The van der Waals surface area contributed by atoms with Crippen LogP contribution in [0.3, 0.4) is 0 Å². The Morgan fingerprint density at radius 1 is 1.08 bits per heavy atom. The first kappa shape index (κ1) is 24.7. The van der Waals surface area contributed by atoms with Gasteiger partial charge in [0.05, 0.1) is 13.2 Å². The van der Waals surface area contributed by atoms with Crippen molar-refractivity contribution < 1.29 is 9.47 Å². The maximum absolute atomic E-state index is 6.17. The molecule has 1 aromatic rings. The Kier molecular flexibility index (Phi) is 15.8. The minimum atomic E-state index is 0. The third kappa shape index (κ3) is 11.9. The molecule has 0 amide bonds. The Bertz CT molecular complexity index is 505. The number of aliphatic imine (C=N–C) groups is 1. The van der Waals surface area contributed by atoms with E-state index < -0.39 is 0 Å². The number of hydrogen-bond acceptors (Lipinski definition) is 3. The van der Waals surface area contributed by atoms with E-state index in [4.69, 9.17) is 32.7 Å². The lowest BCUT2D eigenvalue weighted by atomic mass is 10.1. The minimum Gasteiger partial charge on any atom is -0.382 e. The smallest absolute Gasteiger partial charge is 0.190 e. The second-order valence-electron chi connectivity index (χ2n) is 5.22. The van der Waals surface area contributed by atoms with Crippen LogP contribution < -0.4 is 10.6 Å². The van der Waals surface area contributed by atoms with Crippen molar-refractivity contribution in [3.8, 4) is 0 Å². The molecule has 0 atom stereocenters. The van der Waals surface area contributed by atoms with Crippen molar-refractivity contribution in [3.05, 3.63) is 33.8 Å². The van der Waals surface area contributed by atoms with Gasteiger partial charge in [0.25, 0.3) is 0 Å². The third-order valence-corrected chi connectivity index (χ3v) is 3.93. The average Bonchev–Trinajstić information content (AvgIpc) is 2.57. The Morgan fingerprint density at radius 3 is 2.44 bits per heavy atom. The standard InChI is InChI=1S/C17H27Cl2N3O2.HI/c1-20-17(22-9-4-10-24-12-11-23-2)21-8-3-5-14-6-7-15(18)13-16(14)19;/h6-7,13H,3-5,8-12H2,1-2H3,(H2,20,21,22);1H. The molecule has 0 spiro atoms. The molecule has 0 aromatic heterocycles. The van der Waals surface area contributed by atoms with Crippen molar-refractivity contribution >= 4 is 53.1 Å². The van der Waals surface area contributed by atoms with Gasteiger partial charge >= 0.3 is 0 Å². The highest BCUT2D eigenvalue weighted by Gasteiger charge is 2.02. The number of guanidine groups is 1. The summed E-state index contributed by atoms with van der Waals surface area (Å²) in [5.74, 6) is 0.800. The van der Waals surface area contributed by atoms with Crippen LogP contribution in [0.1, 0.15) is 18.4 Å². The van der Waals surface area contributed by atoms with Gasteiger partial charge < -0.3 is 20.1 Å². The van der Waals surface area contributed by atoms with E-state index in [1.54, 1.807) is 20.2 Å². The molecule has 1 aromatic carbocycles. The number of nitrogens with one attached hydrogen (secondary N) is 2. The first-order valence-corrected chi connectivity index (χ1v) is 8.88. The van der Waals surface area contributed by atoms with E-state index in [-0.39, 0.29) is 24.0 Å². The fraction of sp³-hybridized carbons (Fsp3) is 0.588. The number of methoxy groups -OCH3 is 1. The zero-order valence-electron chi connectivity index (χ0n) is 14.8. The molecule has 144 valence electrons. The van der Waals surface area contributed by atoms with E-state index in [1.807, 2.05) is 12.1 Å². The normalized spacial score (nSPS) is 11.1. The van der Waals surface area contributed by atoms with E-state index in [2.05, 4.69) is 15.6 Å². The molecule has 0 saturated heterocycles. The second kappa shape index (κ2) is 15.9. The van der Waals surface area contributed by atoms with Gasteiger partial charge in [-0.25, -0.2) is 0 Å². The number of benzene rings is 1. The van der Waals surface area contributed by atoms with Gasteiger partial charge in [0.15, 0.2) is 5.96 Å². The molecule has 1 rings (SSSR count). The number of nitrogens with zero attached hydrogens (tertiary/aromatic N) is 1. The lowest BCUT2D eigenvalue weighted by Gasteiger charge is -2.12. The summed E-state index contributed by atoms with van der Waals surface area (Å²) >= 11 is 12.1. The van der Waals surface area contributed by atoms with Crippen molar-refractivity contribution in [1.29, 1.82) is 0 Å². The highest BCUT2D eigenvalue weighted by Crippen LogP contribution is 2.21. The fourth-order valence-corrected chi connectivity index (χ4v) is 2.56. The number of ether oxygens (including phenoxy) is 2. The minimum absolute atomic E-state index is 0. The van der Waals surface area contributed by atoms with Crippen molar-refractivity contribution in [3.63, 3.8) is 0 Å². The van der Waals surface area contributed by atoms with Crippen LogP contribution in [-0.2, 0) is 15.9 Å². The average molecular weight is 504 g/mol. The lowest BCUT2D eigenvalue weighted by molar-refractivity contribution is 0.0698. The summed E-state index contributed by atoms with van der Waals surface area (Å²) < 4.78 is 10.3. The summed E-state index contributed by atoms with van der Waals surface area (Å²) in [6, 6.07) is 5.62. The molecule has 0 aliphatic heterocycles. The van der Waals surface area contributed by atoms with Gasteiger partial charge in [0, 0.05) is 43.9 Å². The van der Waals surface area contributed by atoms with Crippen LogP contribution in [0.4, 0.5) is 0 Å². The van der Waals surface area contributed by atoms with Crippen molar-refractivity contribution in [2.45, 2.75) is 19.3 Å². The first-order chi connectivity index (χ1) is 11.7. The van der Waals surface area contributed by atoms with Gasteiger partial charge in [-0.3, -0.25) is 4.99 Å². The summed E-state index contributed by atoms with van der Waals surface area (Å²) in [5.41, 5.74) is 1.11. The first-order valence-electron chi connectivity index (χ1n) is 8.12. The molecular weight excluding hydrogens is 476 g/mol. The van der Waals surface area contributed by atoms with Crippen LogP contribution in [0.15, 0.2) is 23.2 Å². The van der Waals surface area contributed by atoms with E-state index in [0.717, 1.165) is 48.9 Å². The van der Waals surface area contributed by atoms with Crippen molar-refractivity contribution in [2.75, 3.05) is 47.1 Å². The van der Waals surface area contributed by atoms with Crippen LogP contribution in [0.5, 0.6) is 0 Å². The quantitative estimate of drug-likeness (QED) is 0.209. The number of halogens is 3. The number of rotatable bonds is 11. The predicted molar refractivity (Wildman–Crippen MR) is 117 cm³/mol. The highest BCUT2D eigenvalue weighted by molar-refractivity contribution is 14.0. The van der Waals surface area contributed by atoms with Crippen molar-refractivity contribution in [1.82, 2.24) is 10.6 Å². The van der Waals surface area contributed by atoms with Gasteiger partial charge in [-0.15, -0.1) is 24.0 Å². The summed E-state index contributed by atoms with van der Waals surface area (Å²) in [5, 5.41) is 7.94. The summed E-state index contributed by atoms with van der Waals surface area (Å²) in [7, 11) is 3.43. The second-order valence-corrected chi connectivity index (χ2v) is 6.07. The molecule has 0 fully saturated rings. The SMILES string of the molecule is CN=C(NCCCOCCOC)NCCCc1ccc(Cl)cc1Cl.I. The van der Waals surface area contributed by atoms with Crippen LogP contribution >= 0.6 is 47.2 Å².